The zero-order valence-corrected chi connectivity index (χ0v) is 31.0. The largest absolute Gasteiger partial charge is 0.394 e. The molecular weight excluding hydrogens is 676 g/mol. The van der Waals surface area contributed by atoms with Gasteiger partial charge in [-0.2, -0.15) is 0 Å². The van der Waals surface area contributed by atoms with Crippen molar-refractivity contribution in [2.24, 2.45) is 46.3 Å². The Morgan fingerprint density at radius 1 is 0.788 bits per heavy atom. The first-order valence-corrected chi connectivity index (χ1v) is 20.0. The molecule has 1 spiro atoms. The summed E-state index contributed by atoms with van der Waals surface area (Å²) in [7, 11) is 0. The van der Waals surface area contributed by atoms with Gasteiger partial charge >= 0.3 is 0 Å². The number of fused-ring (bicyclic) bond motifs is 7. The third kappa shape index (κ3) is 5.90. The van der Waals surface area contributed by atoms with Crippen LogP contribution in [0.4, 0.5) is 0 Å². The Bertz CT molecular complexity index is 1320. The molecule has 8 rings (SSSR count). The van der Waals surface area contributed by atoms with Gasteiger partial charge in [-0.25, -0.2) is 0 Å². The van der Waals surface area contributed by atoms with Crippen LogP contribution >= 0.6 is 0 Å². The monoisotopic (exact) mass is 738 g/mol. The Labute approximate surface area is 306 Å². The van der Waals surface area contributed by atoms with E-state index < -0.39 is 80.4 Å². The van der Waals surface area contributed by atoms with Crippen LogP contribution in [0.3, 0.4) is 0 Å². The summed E-state index contributed by atoms with van der Waals surface area (Å²) in [6, 6.07) is 0. The highest BCUT2D eigenvalue weighted by Crippen LogP contribution is 2.70. The molecule has 0 aromatic rings. The fourth-order valence-corrected chi connectivity index (χ4v) is 12.6. The van der Waals surface area contributed by atoms with Crippen LogP contribution in [0.15, 0.2) is 11.6 Å². The van der Waals surface area contributed by atoms with Gasteiger partial charge in [0.2, 0.25) is 0 Å². The third-order valence-electron chi connectivity index (χ3n) is 15.6. The lowest BCUT2D eigenvalue weighted by atomic mass is 9.47. The molecule has 7 N–H and O–H groups in total. The highest BCUT2D eigenvalue weighted by molar-refractivity contribution is 5.26. The molecule has 21 atom stereocenters. The van der Waals surface area contributed by atoms with E-state index in [0.29, 0.717) is 41.9 Å². The van der Waals surface area contributed by atoms with E-state index in [0.717, 1.165) is 45.1 Å². The van der Waals surface area contributed by atoms with Crippen molar-refractivity contribution < 1.29 is 64.2 Å². The number of aliphatic hydroxyl groups is 7. The standard InChI is InChI=1S/C39H62O13/c1-18-7-12-39(47-17-18)19(2)28-25(52-39)14-24-22-6-5-20-13-21(8-10-37(20,3)23(22)9-11-38(24,28)4)48-36-34(32(45)30(43)27(16-41)50-36)51-35-33(46)31(44)29(42)26(15-40)49-35/h5,18-19,21-36,40-46H,6-17H2,1-4H3/t18-,19+,21+,22-,23+,24+,25+,26-,27-,28+,29-,30-,31+,32+,33+,34-,35-,36-,37+,38+,39-/m1/s1. The van der Waals surface area contributed by atoms with Gasteiger partial charge in [-0.1, -0.05) is 39.3 Å². The Hall–Kier alpha value is -0.780. The maximum atomic E-state index is 11.1. The molecular formula is C39H62O13. The zero-order valence-electron chi connectivity index (χ0n) is 31.0. The van der Waals surface area contributed by atoms with Crippen molar-refractivity contribution in [2.45, 2.75) is 165 Å². The lowest BCUT2D eigenvalue weighted by Crippen LogP contribution is -2.65. The molecule has 4 aliphatic heterocycles. The number of ether oxygens (including phenoxy) is 6. The normalized spacial score (nSPS) is 57.5. The lowest BCUT2D eigenvalue weighted by Gasteiger charge is -2.58. The Balaban J connectivity index is 0.964. The average Bonchev–Trinajstić information content (AvgIpc) is 3.58. The zero-order chi connectivity index (χ0) is 36.9. The molecule has 0 unspecified atom stereocenters. The Morgan fingerprint density at radius 3 is 2.19 bits per heavy atom. The van der Waals surface area contributed by atoms with Crippen LogP contribution in [0.1, 0.15) is 85.5 Å². The van der Waals surface area contributed by atoms with Gasteiger partial charge in [0, 0.05) is 12.3 Å². The second-order valence-corrected chi connectivity index (χ2v) is 18.3. The highest BCUT2D eigenvalue weighted by atomic mass is 16.8. The summed E-state index contributed by atoms with van der Waals surface area (Å²) in [6.07, 6.45) is -3.28. The highest BCUT2D eigenvalue weighted by Gasteiger charge is 2.68. The van der Waals surface area contributed by atoms with E-state index in [-0.39, 0.29) is 23.0 Å². The van der Waals surface area contributed by atoms with Crippen LogP contribution in [-0.2, 0) is 28.4 Å². The van der Waals surface area contributed by atoms with Gasteiger partial charge in [0.1, 0.15) is 48.8 Å². The maximum absolute atomic E-state index is 11.1. The molecule has 13 heteroatoms. The molecule has 0 aromatic carbocycles. The van der Waals surface area contributed by atoms with Gasteiger partial charge in [0.15, 0.2) is 18.4 Å². The second kappa shape index (κ2) is 14.0. The van der Waals surface area contributed by atoms with Crippen molar-refractivity contribution >= 4 is 0 Å². The molecule has 3 saturated carbocycles. The Morgan fingerprint density at radius 2 is 1.50 bits per heavy atom. The average molecular weight is 739 g/mol. The first-order chi connectivity index (χ1) is 24.7. The predicted molar refractivity (Wildman–Crippen MR) is 183 cm³/mol. The van der Waals surface area contributed by atoms with Gasteiger partial charge < -0.3 is 64.2 Å². The molecule has 0 bridgehead atoms. The topological polar surface area (TPSA) is 197 Å². The number of hydrogen-bond donors (Lipinski definition) is 7. The number of aliphatic hydroxyl groups excluding tert-OH is 7. The SMILES string of the molecule is C[C@@H]1CC[C@@]2(OC1)O[C@H]1C[C@H]3[C@@H]4CC=C5C[C@@H](O[C@@H]6O[C@H](CO)[C@@H](O)[C@H](O)[C@H]6O[C@H]6O[C@H](CO)[C@@H](O)[C@H](O)[C@@H]6O)CC[C@]5(C)[C@H]4CC[C@]3(C)[C@H]1[C@@H]2C. The molecule has 4 aliphatic carbocycles. The molecule has 296 valence electrons. The van der Waals surface area contributed by atoms with E-state index in [1.54, 1.807) is 0 Å². The summed E-state index contributed by atoms with van der Waals surface area (Å²) in [5, 5.41) is 72.6. The van der Waals surface area contributed by atoms with E-state index in [2.05, 4.69) is 33.8 Å². The van der Waals surface area contributed by atoms with Crippen molar-refractivity contribution in [1.29, 1.82) is 0 Å². The summed E-state index contributed by atoms with van der Waals surface area (Å²) in [6.45, 7) is 9.20. The van der Waals surface area contributed by atoms with E-state index >= 15 is 0 Å². The van der Waals surface area contributed by atoms with Crippen LogP contribution in [0.2, 0.25) is 0 Å². The minimum Gasteiger partial charge on any atom is -0.394 e. The van der Waals surface area contributed by atoms with Crippen molar-refractivity contribution in [1.82, 2.24) is 0 Å². The lowest BCUT2D eigenvalue weighted by molar-refractivity contribution is -0.372. The van der Waals surface area contributed by atoms with Crippen LogP contribution in [0.25, 0.3) is 0 Å². The van der Waals surface area contributed by atoms with Crippen LogP contribution in [0.5, 0.6) is 0 Å². The number of hydrogen-bond acceptors (Lipinski definition) is 13. The van der Waals surface area contributed by atoms with E-state index in [1.165, 1.54) is 18.4 Å². The minimum absolute atomic E-state index is 0.0289. The maximum Gasteiger partial charge on any atom is 0.187 e. The summed E-state index contributed by atoms with van der Waals surface area (Å²) < 4.78 is 37.4. The molecule has 8 aliphatic rings. The van der Waals surface area contributed by atoms with Crippen LogP contribution < -0.4 is 0 Å². The first-order valence-electron chi connectivity index (χ1n) is 20.0. The minimum atomic E-state index is -1.72. The molecule has 52 heavy (non-hydrogen) atoms. The number of rotatable bonds is 6. The molecule has 4 heterocycles. The van der Waals surface area contributed by atoms with Gasteiger partial charge in [-0.3, -0.25) is 0 Å². The predicted octanol–water partition coefficient (Wildman–Crippen LogP) is 1.36. The van der Waals surface area contributed by atoms with E-state index in [9.17, 15) is 35.7 Å². The quantitative estimate of drug-likeness (QED) is 0.193. The Kier molecular flexibility index (Phi) is 10.3. The van der Waals surface area contributed by atoms with Gasteiger partial charge in [0.25, 0.3) is 0 Å². The smallest absolute Gasteiger partial charge is 0.187 e. The van der Waals surface area contributed by atoms with Crippen molar-refractivity contribution in [3.05, 3.63) is 11.6 Å². The third-order valence-corrected chi connectivity index (χ3v) is 15.6. The molecule has 7 fully saturated rings. The van der Waals surface area contributed by atoms with Crippen molar-refractivity contribution in [3.63, 3.8) is 0 Å². The van der Waals surface area contributed by atoms with Crippen LogP contribution in [0, 0.1) is 46.3 Å². The summed E-state index contributed by atoms with van der Waals surface area (Å²) in [5.41, 5.74) is 1.63. The van der Waals surface area contributed by atoms with Crippen molar-refractivity contribution in [2.75, 3.05) is 19.8 Å². The van der Waals surface area contributed by atoms with Crippen LogP contribution in [-0.4, -0.2) is 135 Å². The first kappa shape index (κ1) is 38.1. The second-order valence-electron chi connectivity index (χ2n) is 18.3. The molecule has 4 saturated heterocycles. The van der Waals surface area contributed by atoms with Crippen molar-refractivity contribution in [3.8, 4) is 0 Å². The van der Waals surface area contributed by atoms with Gasteiger partial charge in [-0.15, -0.1) is 0 Å². The molecule has 0 aromatic heterocycles. The molecule has 0 radical (unpaired) electrons. The summed E-state index contributed by atoms with van der Waals surface area (Å²) in [4.78, 5) is 0. The van der Waals surface area contributed by atoms with Gasteiger partial charge in [0.05, 0.1) is 32.0 Å². The summed E-state index contributed by atoms with van der Waals surface area (Å²) in [5.74, 6) is 2.83. The fraction of sp³-hybridized carbons (Fsp3) is 0.949. The fourth-order valence-electron chi connectivity index (χ4n) is 12.6. The van der Waals surface area contributed by atoms with E-state index in [1.807, 2.05) is 0 Å². The molecule has 0 amide bonds. The number of allylic oxidation sites excluding steroid dienone is 1. The molecule has 13 nitrogen and oxygen atoms in total. The van der Waals surface area contributed by atoms with E-state index in [4.69, 9.17) is 28.4 Å². The van der Waals surface area contributed by atoms with Gasteiger partial charge in [-0.05, 0) is 91.8 Å². The summed E-state index contributed by atoms with van der Waals surface area (Å²) >= 11 is 0.